The van der Waals surface area contributed by atoms with Crippen LogP contribution in [0.2, 0.25) is 5.02 Å². The van der Waals surface area contributed by atoms with Gasteiger partial charge in [-0.15, -0.1) is 0 Å². The first kappa shape index (κ1) is 16.7. The van der Waals surface area contributed by atoms with Crippen molar-refractivity contribution in [3.8, 4) is 0 Å². The van der Waals surface area contributed by atoms with Gasteiger partial charge in [-0.3, -0.25) is 9.59 Å². The molecule has 1 amide bonds. The average Bonchev–Trinajstić information content (AvgIpc) is 2.53. The third-order valence-corrected chi connectivity index (χ3v) is 3.51. The molecule has 0 aromatic heterocycles. The number of hydrogen-bond donors (Lipinski definition) is 1. The van der Waals surface area contributed by atoms with E-state index in [1.54, 1.807) is 26.2 Å². The van der Waals surface area contributed by atoms with Crippen LogP contribution in [0.4, 0.5) is 0 Å². The van der Waals surface area contributed by atoms with Crippen LogP contribution in [0.15, 0.2) is 42.5 Å². The lowest BCUT2D eigenvalue weighted by Gasteiger charge is -2.12. The quantitative estimate of drug-likeness (QED) is 0.874. The molecule has 0 radical (unpaired) electrons. The molecule has 2 rings (SSSR count). The summed E-state index contributed by atoms with van der Waals surface area (Å²) in [5, 5.41) is 9.83. The van der Waals surface area contributed by atoms with Crippen molar-refractivity contribution in [2.24, 2.45) is 0 Å². The molecule has 0 fully saturated rings. The second-order valence-electron chi connectivity index (χ2n) is 5.10. The number of rotatable bonds is 4. The minimum Gasteiger partial charge on any atom is -0.478 e. The lowest BCUT2D eigenvalue weighted by atomic mass is 9.96. The van der Waals surface area contributed by atoms with Crippen LogP contribution in [0.1, 0.15) is 36.6 Å². The number of halogens is 1. The van der Waals surface area contributed by atoms with Crippen molar-refractivity contribution in [1.29, 1.82) is 0 Å². The summed E-state index contributed by atoms with van der Waals surface area (Å²) in [6.45, 7) is 0. The maximum Gasteiger partial charge on any atom is 0.336 e. The smallest absolute Gasteiger partial charge is 0.336 e. The molecule has 0 aliphatic carbocycles. The molecule has 0 bridgehead atoms. The Bertz CT molecular complexity index is 782. The minimum absolute atomic E-state index is 0.0233. The van der Waals surface area contributed by atoms with Gasteiger partial charge >= 0.3 is 5.97 Å². The SMILES string of the molecule is CN(C)C(=O)c1ccc(C(=O)c2ccc(Cl)cc2)c(C(=O)O)c1. The Morgan fingerprint density at radius 2 is 1.48 bits per heavy atom. The Balaban J connectivity index is 2.50. The van der Waals surface area contributed by atoms with Crippen molar-refractivity contribution in [1.82, 2.24) is 4.90 Å². The molecule has 0 aliphatic heterocycles. The maximum absolute atomic E-state index is 12.5. The van der Waals surface area contributed by atoms with Gasteiger partial charge in [-0.25, -0.2) is 4.79 Å². The predicted octanol–water partition coefficient (Wildman–Crippen LogP) is 2.97. The van der Waals surface area contributed by atoms with Crippen molar-refractivity contribution in [2.45, 2.75) is 0 Å². The van der Waals surface area contributed by atoms with Crippen molar-refractivity contribution in [2.75, 3.05) is 14.1 Å². The van der Waals surface area contributed by atoms with Crippen LogP contribution in [-0.4, -0.2) is 41.8 Å². The van der Waals surface area contributed by atoms with Crippen LogP contribution in [0.5, 0.6) is 0 Å². The van der Waals surface area contributed by atoms with Crippen LogP contribution in [0.25, 0.3) is 0 Å². The second-order valence-corrected chi connectivity index (χ2v) is 5.54. The fraction of sp³-hybridized carbons (Fsp3) is 0.118. The number of carbonyl (C=O) groups is 3. The Kier molecular flexibility index (Phi) is 4.81. The molecule has 0 spiro atoms. The lowest BCUT2D eigenvalue weighted by Crippen LogP contribution is -2.22. The molecule has 5 nitrogen and oxygen atoms in total. The summed E-state index contributed by atoms with van der Waals surface area (Å²) < 4.78 is 0. The first-order chi connectivity index (χ1) is 10.8. The van der Waals surface area contributed by atoms with E-state index >= 15 is 0 Å². The van der Waals surface area contributed by atoms with E-state index in [1.165, 1.54) is 35.2 Å². The number of aromatic carboxylic acids is 1. The van der Waals surface area contributed by atoms with Gasteiger partial charge in [-0.1, -0.05) is 11.6 Å². The van der Waals surface area contributed by atoms with Crippen LogP contribution in [-0.2, 0) is 0 Å². The van der Waals surface area contributed by atoms with Gasteiger partial charge in [0.2, 0.25) is 0 Å². The third-order valence-electron chi connectivity index (χ3n) is 3.25. The average molecular weight is 332 g/mol. The van der Waals surface area contributed by atoms with Crippen molar-refractivity contribution < 1.29 is 19.5 Å². The number of carboxylic acid groups (broad SMARTS) is 1. The third kappa shape index (κ3) is 3.57. The molecule has 0 aliphatic rings. The van der Waals surface area contributed by atoms with Gasteiger partial charge in [-0.2, -0.15) is 0 Å². The highest BCUT2D eigenvalue weighted by atomic mass is 35.5. The number of amides is 1. The fourth-order valence-corrected chi connectivity index (χ4v) is 2.19. The number of nitrogens with zero attached hydrogens (tertiary/aromatic N) is 1. The van der Waals surface area contributed by atoms with Crippen molar-refractivity contribution >= 4 is 29.3 Å². The molecule has 118 valence electrons. The number of benzene rings is 2. The van der Waals surface area contributed by atoms with Crippen LogP contribution in [0, 0.1) is 0 Å². The maximum atomic E-state index is 12.5. The van der Waals surface area contributed by atoms with Gasteiger partial charge in [0.15, 0.2) is 5.78 Å². The van der Waals surface area contributed by atoms with Gasteiger partial charge in [-0.05, 0) is 42.5 Å². The van der Waals surface area contributed by atoms with E-state index in [4.69, 9.17) is 11.6 Å². The highest BCUT2D eigenvalue weighted by molar-refractivity contribution is 6.30. The van der Waals surface area contributed by atoms with Crippen LogP contribution < -0.4 is 0 Å². The number of ketones is 1. The summed E-state index contributed by atoms with van der Waals surface area (Å²) >= 11 is 5.78. The Morgan fingerprint density at radius 3 is 2.00 bits per heavy atom. The summed E-state index contributed by atoms with van der Waals surface area (Å²) in [6, 6.07) is 10.2. The first-order valence-corrected chi connectivity index (χ1v) is 7.08. The molecule has 0 saturated carbocycles. The normalized spacial score (nSPS) is 10.2. The van der Waals surface area contributed by atoms with E-state index in [0.29, 0.717) is 10.6 Å². The van der Waals surface area contributed by atoms with Gasteiger partial charge in [0.25, 0.3) is 5.91 Å². The first-order valence-electron chi connectivity index (χ1n) is 6.70. The van der Waals surface area contributed by atoms with Crippen LogP contribution >= 0.6 is 11.6 Å². The van der Waals surface area contributed by atoms with Gasteiger partial charge < -0.3 is 10.0 Å². The van der Waals surface area contributed by atoms with Crippen molar-refractivity contribution in [3.05, 3.63) is 69.7 Å². The summed E-state index contributed by atoms with van der Waals surface area (Å²) in [6.07, 6.45) is 0. The van der Waals surface area contributed by atoms with Gasteiger partial charge in [0.05, 0.1) is 5.56 Å². The minimum atomic E-state index is -1.27. The van der Waals surface area contributed by atoms with E-state index in [9.17, 15) is 19.5 Å². The lowest BCUT2D eigenvalue weighted by molar-refractivity contribution is 0.0692. The second kappa shape index (κ2) is 6.62. The largest absolute Gasteiger partial charge is 0.478 e. The molecule has 0 unspecified atom stereocenters. The predicted molar refractivity (Wildman–Crippen MR) is 86.3 cm³/mol. The van der Waals surface area contributed by atoms with E-state index in [2.05, 4.69) is 0 Å². The topological polar surface area (TPSA) is 74.7 Å². The number of carboxylic acids is 1. The zero-order valence-corrected chi connectivity index (χ0v) is 13.3. The highest BCUT2D eigenvalue weighted by Crippen LogP contribution is 2.19. The van der Waals surface area contributed by atoms with Crippen molar-refractivity contribution in [3.63, 3.8) is 0 Å². The Hall–Kier alpha value is -2.66. The number of hydrogen-bond acceptors (Lipinski definition) is 3. The molecule has 23 heavy (non-hydrogen) atoms. The van der Waals surface area contributed by atoms with E-state index < -0.39 is 11.8 Å². The molecule has 1 N–H and O–H groups in total. The summed E-state index contributed by atoms with van der Waals surface area (Å²) in [5.74, 6) is -2.04. The molecular weight excluding hydrogens is 318 g/mol. The monoisotopic (exact) mass is 331 g/mol. The molecule has 0 atom stereocenters. The molecule has 2 aromatic carbocycles. The van der Waals surface area contributed by atoms with E-state index in [-0.39, 0.29) is 22.6 Å². The Labute approximate surface area is 138 Å². The van der Waals surface area contributed by atoms with Crippen LogP contribution in [0.3, 0.4) is 0 Å². The highest BCUT2D eigenvalue weighted by Gasteiger charge is 2.20. The van der Waals surface area contributed by atoms with E-state index in [0.717, 1.165) is 0 Å². The fourth-order valence-electron chi connectivity index (χ4n) is 2.07. The molecule has 6 heteroatoms. The molecular formula is C17H14ClNO4. The molecule has 2 aromatic rings. The van der Waals surface area contributed by atoms with Gasteiger partial charge in [0.1, 0.15) is 0 Å². The summed E-state index contributed by atoms with van der Waals surface area (Å²) in [5.41, 5.74) is 0.344. The zero-order valence-electron chi connectivity index (χ0n) is 12.5. The summed E-state index contributed by atoms with van der Waals surface area (Å²) in [4.78, 5) is 37.2. The molecule has 0 heterocycles. The zero-order chi connectivity index (χ0) is 17.1. The Morgan fingerprint density at radius 1 is 0.913 bits per heavy atom. The summed E-state index contributed by atoms with van der Waals surface area (Å²) in [7, 11) is 3.13. The van der Waals surface area contributed by atoms with E-state index in [1.807, 2.05) is 0 Å². The number of carbonyl (C=O) groups excluding carboxylic acids is 2. The molecule has 0 saturated heterocycles. The van der Waals surface area contributed by atoms with Gasteiger partial charge in [0, 0.05) is 35.8 Å². The standard InChI is InChI=1S/C17H14ClNO4/c1-19(2)16(21)11-5-8-13(14(9-11)17(22)23)15(20)10-3-6-12(18)7-4-10/h3-9H,1-2H3,(H,22,23).